The Kier molecular flexibility index (Phi) is 4.57. The number of nitrogens with one attached hydrogen (secondary N) is 1. The molecular formula is C18H14BrN3O2. The van der Waals surface area contributed by atoms with Crippen LogP contribution in [0.4, 0.5) is 5.69 Å². The molecule has 5 nitrogen and oxygen atoms in total. The first-order chi connectivity index (χ1) is 11.6. The highest BCUT2D eigenvalue weighted by atomic mass is 79.9. The number of anilines is 1. The van der Waals surface area contributed by atoms with E-state index in [2.05, 4.69) is 26.2 Å². The van der Waals surface area contributed by atoms with E-state index < -0.39 is 0 Å². The summed E-state index contributed by atoms with van der Waals surface area (Å²) in [6.45, 7) is 0. The van der Waals surface area contributed by atoms with Gasteiger partial charge in [0.05, 0.1) is 5.56 Å². The minimum Gasteiger partial charge on any atom is -0.331 e. The number of hydrogen-bond acceptors (Lipinski definition) is 3. The molecular weight excluding hydrogens is 370 g/mol. The molecule has 0 saturated heterocycles. The maximum Gasteiger partial charge on any atom is 0.256 e. The SMILES string of the molecule is Cn1ccnc1C(=O)c1ccc(NC(=O)c2ccccc2Br)cc1. The van der Waals surface area contributed by atoms with Crippen LogP contribution in [0.1, 0.15) is 26.5 Å². The fourth-order valence-corrected chi connectivity index (χ4v) is 2.73. The first kappa shape index (κ1) is 16.1. The Bertz CT molecular complexity index is 901. The van der Waals surface area contributed by atoms with Crippen molar-refractivity contribution in [2.24, 2.45) is 7.05 Å². The second kappa shape index (κ2) is 6.80. The van der Waals surface area contributed by atoms with Gasteiger partial charge in [-0.05, 0) is 52.3 Å². The highest BCUT2D eigenvalue weighted by Crippen LogP contribution is 2.18. The van der Waals surface area contributed by atoms with E-state index in [0.29, 0.717) is 22.6 Å². The molecule has 120 valence electrons. The van der Waals surface area contributed by atoms with E-state index in [1.807, 2.05) is 12.1 Å². The average Bonchev–Trinajstić information content (AvgIpc) is 3.01. The molecule has 0 fully saturated rings. The standard InChI is InChI=1S/C18H14BrN3O2/c1-22-11-10-20-17(22)16(23)12-6-8-13(9-7-12)21-18(24)14-4-2-3-5-15(14)19/h2-11H,1H3,(H,21,24). The molecule has 0 unspecified atom stereocenters. The van der Waals surface area contributed by atoms with Crippen molar-refractivity contribution < 1.29 is 9.59 Å². The van der Waals surface area contributed by atoms with Crippen LogP contribution < -0.4 is 5.32 Å². The van der Waals surface area contributed by atoms with Crippen molar-refractivity contribution in [2.45, 2.75) is 0 Å². The van der Waals surface area contributed by atoms with Gasteiger partial charge in [0.25, 0.3) is 5.91 Å². The lowest BCUT2D eigenvalue weighted by molar-refractivity contribution is 0.101. The number of imidazole rings is 1. The summed E-state index contributed by atoms with van der Waals surface area (Å²) in [6, 6.07) is 13.9. The summed E-state index contributed by atoms with van der Waals surface area (Å²) in [5.41, 5.74) is 1.68. The van der Waals surface area contributed by atoms with E-state index in [1.165, 1.54) is 0 Å². The molecule has 0 aliphatic carbocycles. The predicted octanol–water partition coefficient (Wildman–Crippen LogP) is 3.67. The van der Waals surface area contributed by atoms with Crippen molar-refractivity contribution in [3.8, 4) is 0 Å². The van der Waals surface area contributed by atoms with Crippen LogP contribution in [0.25, 0.3) is 0 Å². The molecule has 6 heteroatoms. The molecule has 0 saturated carbocycles. The van der Waals surface area contributed by atoms with Crippen molar-refractivity contribution in [1.29, 1.82) is 0 Å². The first-order valence-electron chi connectivity index (χ1n) is 7.24. The minimum absolute atomic E-state index is 0.161. The number of amides is 1. The Morgan fingerprint density at radius 1 is 1.08 bits per heavy atom. The molecule has 0 radical (unpaired) electrons. The first-order valence-corrected chi connectivity index (χ1v) is 8.03. The highest BCUT2D eigenvalue weighted by molar-refractivity contribution is 9.10. The summed E-state index contributed by atoms with van der Waals surface area (Å²) >= 11 is 3.35. The van der Waals surface area contributed by atoms with Crippen LogP contribution in [0.5, 0.6) is 0 Å². The average molecular weight is 384 g/mol. The Labute approximate surface area is 147 Å². The number of nitrogens with zero attached hydrogens (tertiary/aromatic N) is 2. The lowest BCUT2D eigenvalue weighted by atomic mass is 10.1. The van der Waals surface area contributed by atoms with E-state index >= 15 is 0 Å². The van der Waals surface area contributed by atoms with Gasteiger partial charge in [0, 0.05) is 35.2 Å². The van der Waals surface area contributed by atoms with Crippen molar-refractivity contribution in [3.63, 3.8) is 0 Å². The molecule has 24 heavy (non-hydrogen) atoms. The molecule has 0 aliphatic rings. The van der Waals surface area contributed by atoms with E-state index in [4.69, 9.17) is 0 Å². The lowest BCUT2D eigenvalue weighted by Crippen LogP contribution is -2.13. The lowest BCUT2D eigenvalue weighted by Gasteiger charge is -2.07. The van der Waals surface area contributed by atoms with Crippen LogP contribution in [0.15, 0.2) is 65.4 Å². The molecule has 2 aromatic carbocycles. The number of hydrogen-bond donors (Lipinski definition) is 1. The van der Waals surface area contributed by atoms with Crippen molar-refractivity contribution in [3.05, 3.63) is 82.3 Å². The minimum atomic E-state index is -0.217. The summed E-state index contributed by atoms with van der Waals surface area (Å²) in [5.74, 6) is -0.00293. The van der Waals surface area contributed by atoms with Crippen LogP contribution >= 0.6 is 15.9 Å². The topological polar surface area (TPSA) is 64.0 Å². The fourth-order valence-electron chi connectivity index (χ4n) is 2.26. The monoisotopic (exact) mass is 383 g/mol. The Morgan fingerprint density at radius 3 is 2.42 bits per heavy atom. The molecule has 0 atom stereocenters. The van der Waals surface area contributed by atoms with Gasteiger partial charge in [0.1, 0.15) is 0 Å². The molecule has 0 aliphatic heterocycles. The highest BCUT2D eigenvalue weighted by Gasteiger charge is 2.14. The number of benzene rings is 2. The fraction of sp³-hybridized carbons (Fsp3) is 0.0556. The van der Waals surface area contributed by atoms with Crippen LogP contribution in [-0.4, -0.2) is 21.2 Å². The molecule has 1 aromatic heterocycles. The van der Waals surface area contributed by atoms with Gasteiger partial charge in [-0.3, -0.25) is 9.59 Å². The molecule has 1 N–H and O–H groups in total. The summed E-state index contributed by atoms with van der Waals surface area (Å²) in [6.07, 6.45) is 3.30. The molecule has 1 heterocycles. The maximum absolute atomic E-state index is 12.4. The summed E-state index contributed by atoms with van der Waals surface area (Å²) in [4.78, 5) is 28.7. The number of aryl methyl sites for hydroxylation is 1. The third kappa shape index (κ3) is 3.28. The molecule has 0 bridgehead atoms. The Balaban J connectivity index is 1.76. The third-order valence-corrected chi connectivity index (χ3v) is 4.24. The molecule has 3 rings (SSSR count). The van der Waals surface area contributed by atoms with Crippen LogP contribution in [0, 0.1) is 0 Å². The van der Waals surface area contributed by atoms with Gasteiger partial charge in [-0.1, -0.05) is 12.1 Å². The van der Waals surface area contributed by atoms with Gasteiger partial charge in [0.15, 0.2) is 5.82 Å². The second-order valence-corrected chi connectivity index (χ2v) is 6.06. The molecule has 0 spiro atoms. The van der Waals surface area contributed by atoms with Gasteiger partial charge in [-0.25, -0.2) is 4.98 Å². The van der Waals surface area contributed by atoms with Crippen molar-refractivity contribution in [2.75, 3.05) is 5.32 Å². The number of carbonyl (C=O) groups is 2. The Hall–Kier alpha value is -2.73. The number of ketones is 1. The number of halogens is 1. The van der Waals surface area contributed by atoms with E-state index in [-0.39, 0.29) is 11.7 Å². The van der Waals surface area contributed by atoms with Gasteiger partial charge in [0.2, 0.25) is 5.78 Å². The zero-order valence-electron chi connectivity index (χ0n) is 12.9. The summed E-state index contributed by atoms with van der Waals surface area (Å²) in [5, 5.41) is 2.81. The Morgan fingerprint density at radius 2 is 1.79 bits per heavy atom. The normalized spacial score (nSPS) is 10.4. The zero-order chi connectivity index (χ0) is 17.1. The maximum atomic E-state index is 12.4. The van der Waals surface area contributed by atoms with Crippen molar-refractivity contribution >= 4 is 33.3 Å². The third-order valence-electron chi connectivity index (χ3n) is 3.55. The van der Waals surface area contributed by atoms with E-state index in [9.17, 15) is 9.59 Å². The zero-order valence-corrected chi connectivity index (χ0v) is 14.4. The van der Waals surface area contributed by atoms with Crippen LogP contribution in [-0.2, 0) is 7.05 Å². The summed E-state index contributed by atoms with van der Waals surface area (Å²) < 4.78 is 2.40. The molecule has 3 aromatic rings. The quantitative estimate of drug-likeness (QED) is 0.699. The second-order valence-electron chi connectivity index (χ2n) is 5.20. The van der Waals surface area contributed by atoms with Gasteiger partial charge >= 0.3 is 0 Å². The smallest absolute Gasteiger partial charge is 0.256 e. The van der Waals surface area contributed by atoms with Crippen LogP contribution in [0.3, 0.4) is 0 Å². The largest absolute Gasteiger partial charge is 0.331 e. The van der Waals surface area contributed by atoms with Crippen molar-refractivity contribution in [1.82, 2.24) is 9.55 Å². The summed E-state index contributed by atoms with van der Waals surface area (Å²) in [7, 11) is 1.77. The number of carbonyl (C=O) groups excluding carboxylic acids is 2. The van der Waals surface area contributed by atoms with Gasteiger partial charge in [-0.2, -0.15) is 0 Å². The number of rotatable bonds is 4. The van der Waals surface area contributed by atoms with Gasteiger partial charge in [-0.15, -0.1) is 0 Å². The van der Waals surface area contributed by atoms with E-state index in [1.54, 1.807) is 60.4 Å². The molecule has 1 amide bonds. The van der Waals surface area contributed by atoms with Crippen LogP contribution in [0.2, 0.25) is 0 Å². The van der Waals surface area contributed by atoms with E-state index in [0.717, 1.165) is 4.47 Å². The number of aromatic nitrogens is 2. The van der Waals surface area contributed by atoms with Gasteiger partial charge < -0.3 is 9.88 Å². The predicted molar refractivity (Wildman–Crippen MR) is 95.2 cm³/mol.